The molecule has 6 nitrogen and oxygen atoms in total. The van der Waals surface area contributed by atoms with Crippen molar-refractivity contribution in [2.24, 2.45) is 0 Å². The van der Waals surface area contributed by atoms with Crippen molar-refractivity contribution in [1.82, 2.24) is 25.2 Å². The van der Waals surface area contributed by atoms with Crippen molar-refractivity contribution in [1.29, 1.82) is 0 Å². The van der Waals surface area contributed by atoms with Crippen molar-refractivity contribution < 1.29 is 4.79 Å². The highest BCUT2D eigenvalue weighted by Crippen LogP contribution is 2.30. The van der Waals surface area contributed by atoms with Gasteiger partial charge in [-0.1, -0.05) is 32.0 Å². The average molecular weight is 418 g/mol. The summed E-state index contributed by atoms with van der Waals surface area (Å²) in [4.78, 5) is 29.2. The molecule has 3 heterocycles. The molecule has 0 saturated carbocycles. The van der Waals surface area contributed by atoms with E-state index in [0.717, 1.165) is 54.0 Å². The second-order valence-corrected chi connectivity index (χ2v) is 9.06. The lowest BCUT2D eigenvalue weighted by Gasteiger charge is -2.17. The maximum Gasteiger partial charge on any atom is 0.252 e. The van der Waals surface area contributed by atoms with Crippen molar-refractivity contribution in [2.75, 3.05) is 13.1 Å². The second-order valence-electron chi connectivity index (χ2n) is 9.06. The van der Waals surface area contributed by atoms with Gasteiger partial charge in [0.1, 0.15) is 5.82 Å². The molecule has 1 aromatic carbocycles. The number of nitrogens with zero attached hydrogens (tertiary/aromatic N) is 4. The highest BCUT2D eigenvalue weighted by molar-refractivity contribution is 6.06. The zero-order valence-corrected chi connectivity index (χ0v) is 18.8. The fourth-order valence-electron chi connectivity index (χ4n) is 4.15. The number of likely N-dealkylation sites (tertiary alicyclic amines) is 1. The van der Waals surface area contributed by atoms with Crippen LogP contribution >= 0.6 is 0 Å². The smallest absolute Gasteiger partial charge is 0.252 e. The number of hydrogen-bond donors (Lipinski definition) is 1. The van der Waals surface area contributed by atoms with Gasteiger partial charge in [-0.05, 0) is 38.9 Å². The first-order valence-corrected chi connectivity index (χ1v) is 11.1. The Bertz CT molecular complexity index is 1060. The van der Waals surface area contributed by atoms with Gasteiger partial charge in [0, 0.05) is 60.0 Å². The number of benzene rings is 1. The van der Waals surface area contributed by atoms with Crippen LogP contribution in [0.4, 0.5) is 0 Å². The van der Waals surface area contributed by atoms with Crippen molar-refractivity contribution in [3.05, 3.63) is 65.4 Å². The third-order valence-corrected chi connectivity index (χ3v) is 5.74. The molecular formula is C25H31N5O. The summed E-state index contributed by atoms with van der Waals surface area (Å²) in [5.74, 6) is 1.50. The number of hydrogen-bond acceptors (Lipinski definition) is 5. The minimum atomic E-state index is -0.0351. The second kappa shape index (κ2) is 9.10. The van der Waals surface area contributed by atoms with E-state index in [0.29, 0.717) is 17.4 Å². The number of fused-ring (bicyclic) bond motifs is 1. The van der Waals surface area contributed by atoms with Crippen LogP contribution in [0.1, 0.15) is 73.4 Å². The van der Waals surface area contributed by atoms with Crippen molar-refractivity contribution >= 4 is 16.8 Å². The fraction of sp³-hybridized carbons (Fsp3) is 0.440. The van der Waals surface area contributed by atoms with E-state index in [-0.39, 0.29) is 11.9 Å². The summed E-state index contributed by atoms with van der Waals surface area (Å²) in [6, 6.07) is 9.99. The monoisotopic (exact) mass is 417 g/mol. The molecule has 0 spiro atoms. The summed E-state index contributed by atoms with van der Waals surface area (Å²) >= 11 is 0. The van der Waals surface area contributed by atoms with Crippen LogP contribution < -0.4 is 5.32 Å². The lowest BCUT2D eigenvalue weighted by Crippen LogP contribution is -2.30. The molecule has 1 unspecified atom stereocenters. The highest BCUT2D eigenvalue weighted by atomic mass is 16.1. The minimum absolute atomic E-state index is 0.0351. The van der Waals surface area contributed by atoms with Crippen LogP contribution in [0.5, 0.6) is 0 Å². The molecule has 1 fully saturated rings. The Morgan fingerprint density at radius 3 is 2.61 bits per heavy atom. The Balaban J connectivity index is 1.53. The Kier molecular flexibility index (Phi) is 6.28. The van der Waals surface area contributed by atoms with Crippen LogP contribution in [0.15, 0.2) is 42.7 Å². The number of amides is 1. The predicted molar refractivity (Wildman–Crippen MR) is 123 cm³/mol. The summed E-state index contributed by atoms with van der Waals surface area (Å²) in [7, 11) is 0. The molecule has 1 N–H and O–H groups in total. The maximum atomic E-state index is 12.9. The number of nitrogens with one attached hydrogen (secondary N) is 1. The van der Waals surface area contributed by atoms with Crippen molar-refractivity contribution in [2.45, 2.75) is 58.5 Å². The molecule has 1 aliphatic rings. The van der Waals surface area contributed by atoms with Gasteiger partial charge in [-0.3, -0.25) is 14.7 Å². The van der Waals surface area contributed by atoms with Gasteiger partial charge < -0.3 is 5.32 Å². The molecule has 1 amide bonds. The molecule has 0 bridgehead atoms. The summed E-state index contributed by atoms with van der Waals surface area (Å²) in [5.41, 5.74) is 3.73. The van der Waals surface area contributed by atoms with E-state index in [9.17, 15) is 4.79 Å². The van der Waals surface area contributed by atoms with E-state index < -0.39 is 0 Å². The van der Waals surface area contributed by atoms with Crippen molar-refractivity contribution in [3.8, 4) is 0 Å². The zero-order valence-electron chi connectivity index (χ0n) is 18.8. The summed E-state index contributed by atoms with van der Waals surface area (Å²) < 4.78 is 0. The van der Waals surface area contributed by atoms with Crippen LogP contribution in [0.2, 0.25) is 0 Å². The molecule has 4 rings (SSSR count). The van der Waals surface area contributed by atoms with E-state index in [1.165, 1.54) is 0 Å². The number of para-hydroxylation sites is 1. The van der Waals surface area contributed by atoms with Crippen LogP contribution in [0.25, 0.3) is 10.9 Å². The SMILES string of the molecule is CC(C)NC(=O)c1cc(C2CCN(Cc3cnc(C(C)C)nc3)C2)nc2ccccc12. The van der Waals surface area contributed by atoms with Crippen LogP contribution in [0, 0.1) is 0 Å². The number of carbonyl (C=O) groups is 1. The molecule has 1 aliphatic heterocycles. The lowest BCUT2D eigenvalue weighted by atomic mass is 9.99. The Morgan fingerprint density at radius 1 is 1.16 bits per heavy atom. The molecular weight excluding hydrogens is 386 g/mol. The van der Waals surface area contributed by atoms with E-state index in [4.69, 9.17) is 4.98 Å². The maximum absolute atomic E-state index is 12.9. The Hall–Kier alpha value is -2.86. The zero-order chi connectivity index (χ0) is 22.0. The molecule has 3 aromatic rings. The summed E-state index contributed by atoms with van der Waals surface area (Å²) in [6.07, 6.45) is 4.91. The number of pyridine rings is 1. The van der Waals surface area contributed by atoms with Gasteiger partial charge in [-0.2, -0.15) is 0 Å². The third-order valence-electron chi connectivity index (χ3n) is 5.74. The van der Waals surface area contributed by atoms with E-state index >= 15 is 0 Å². The number of rotatable bonds is 6. The number of carbonyl (C=O) groups excluding carboxylic acids is 1. The highest BCUT2D eigenvalue weighted by Gasteiger charge is 2.27. The molecule has 162 valence electrons. The number of aromatic nitrogens is 3. The van der Waals surface area contributed by atoms with E-state index in [1.54, 1.807) is 0 Å². The lowest BCUT2D eigenvalue weighted by molar-refractivity contribution is 0.0944. The quantitative estimate of drug-likeness (QED) is 0.648. The Morgan fingerprint density at radius 2 is 1.90 bits per heavy atom. The standard InChI is InChI=1S/C25H31N5O/c1-16(2)24-26-12-18(13-27-24)14-30-10-9-19(15-30)23-11-21(25(31)28-17(3)4)20-7-5-6-8-22(20)29-23/h5-8,11-13,16-17,19H,9-10,14-15H2,1-4H3,(H,28,31). The first kappa shape index (κ1) is 21.4. The largest absolute Gasteiger partial charge is 0.350 e. The van der Waals surface area contributed by atoms with Gasteiger partial charge in [0.2, 0.25) is 0 Å². The molecule has 0 aliphatic carbocycles. The topological polar surface area (TPSA) is 71.0 Å². The summed E-state index contributed by atoms with van der Waals surface area (Å²) in [5, 5.41) is 3.94. The molecule has 2 aromatic heterocycles. The minimum Gasteiger partial charge on any atom is -0.350 e. The van der Waals surface area contributed by atoms with E-state index in [1.807, 2.05) is 56.6 Å². The predicted octanol–water partition coefficient (Wildman–Crippen LogP) is 4.28. The molecule has 31 heavy (non-hydrogen) atoms. The van der Waals surface area contributed by atoms with Gasteiger partial charge in [-0.25, -0.2) is 9.97 Å². The first-order valence-electron chi connectivity index (χ1n) is 11.1. The van der Waals surface area contributed by atoms with Gasteiger partial charge in [0.05, 0.1) is 11.1 Å². The van der Waals surface area contributed by atoms with Gasteiger partial charge >= 0.3 is 0 Å². The Labute approximate surface area is 184 Å². The van der Waals surface area contributed by atoms with Crippen LogP contribution in [-0.4, -0.2) is 44.9 Å². The molecule has 6 heteroatoms. The van der Waals surface area contributed by atoms with Crippen molar-refractivity contribution in [3.63, 3.8) is 0 Å². The molecule has 1 atom stereocenters. The summed E-state index contributed by atoms with van der Waals surface area (Å²) in [6.45, 7) is 10.9. The normalized spacial score (nSPS) is 17.0. The fourth-order valence-corrected chi connectivity index (χ4v) is 4.15. The first-order chi connectivity index (χ1) is 14.9. The third kappa shape index (κ3) is 4.90. The van der Waals surface area contributed by atoms with Crippen LogP contribution in [0.3, 0.4) is 0 Å². The van der Waals surface area contributed by atoms with Gasteiger partial charge in [0.15, 0.2) is 0 Å². The average Bonchev–Trinajstić information content (AvgIpc) is 3.21. The van der Waals surface area contributed by atoms with Gasteiger partial charge in [0.25, 0.3) is 5.91 Å². The molecule has 1 saturated heterocycles. The van der Waals surface area contributed by atoms with Crippen LogP contribution in [-0.2, 0) is 6.54 Å². The molecule has 0 radical (unpaired) electrons. The van der Waals surface area contributed by atoms with E-state index in [2.05, 4.69) is 34.0 Å². The van der Waals surface area contributed by atoms with Gasteiger partial charge in [-0.15, -0.1) is 0 Å².